The van der Waals surface area contributed by atoms with Crippen molar-refractivity contribution >= 4 is 23.3 Å². The molecule has 0 saturated heterocycles. The quantitative estimate of drug-likeness (QED) is 0.243. The van der Waals surface area contributed by atoms with Crippen molar-refractivity contribution < 1.29 is 28.9 Å². The van der Waals surface area contributed by atoms with Crippen molar-refractivity contribution in [3.8, 4) is 0 Å². The summed E-state index contributed by atoms with van der Waals surface area (Å²) < 4.78 is 0. The van der Waals surface area contributed by atoms with Crippen LogP contribution >= 0.6 is 0 Å². The van der Waals surface area contributed by atoms with E-state index in [1.54, 1.807) is 0 Å². The van der Waals surface area contributed by atoms with E-state index in [4.69, 9.17) is 9.68 Å². The molecule has 1 aliphatic heterocycles. The fourth-order valence-corrected chi connectivity index (χ4v) is 4.04. The number of hydrogen-bond acceptors (Lipinski definition) is 9. The van der Waals surface area contributed by atoms with Crippen LogP contribution in [0.25, 0.3) is 0 Å². The normalized spacial score (nSPS) is 15.5. The molecule has 10 heteroatoms. The van der Waals surface area contributed by atoms with Gasteiger partial charge in [-0.3, -0.25) is 39.1 Å². The molecule has 0 spiro atoms. The first-order valence-corrected chi connectivity index (χ1v) is 14.0. The van der Waals surface area contributed by atoms with Crippen LogP contribution in [0.15, 0.2) is 72.4 Å². The van der Waals surface area contributed by atoms with Gasteiger partial charge in [0.1, 0.15) is 12.1 Å². The first kappa shape index (κ1) is 33.0. The molecule has 0 fully saturated rings. The Bertz CT molecular complexity index is 1270. The lowest BCUT2D eigenvalue weighted by Crippen LogP contribution is -2.52. The molecule has 0 saturated carbocycles. The van der Waals surface area contributed by atoms with Crippen LogP contribution in [0.3, 0.4) is 0 Å². The molecule has 0 aromatic heterocycles. The number of carbonyl (C=O) groups excluding carboxylic acids is 4. The highest BCUT2D eigenvalue weighted by Crippen LogP contribution is 2.14. The summed E-state index contributed by atoms with van der Waals surface area (Å²) in [6.07, 6.45) is 1.73. The zero-order valence-electron chi connectivity index (χ0n) is 25.2. The number of ketones is 3. The monoisotopic (exact) mass is 578 g/mol. The maximum absolute atomic E-state index is 13.4. The Morgan fingerprint density at radius 3 is 1.67 bits per heavy atom. The van der Waals surface area contributed by atoms with E-state index in [1.165, 1.54) is 6.20 Å². The Morgan fingerprint density at radius 1 is 0.762 bits per heavy atom. The number of hydrogen-bond donors (Lipinski definition) is 3. The topological polar surface area (TPSA) is 126 Å². The van der Waals surface area contributed by atoms with Crippen LogP contribution in [0.4, 0.5) is 0 Å². The van der Waals surface area contributed by atoms with Crippen LogP contribution in [0, 0.1) is 0 Å². The van der Waals surface area contributed by atoms with Crippen LogP contribution in [0.1, 0.15) is 52.7 Å². The van der Waals surface area contributed by atoms with Gasteiger partial charge >= 0.3 is 0 Å². The summed E-state index contributed by atoms with van der Waals surface area (Å²) in [5, 5.41) is 2.95. The molecule has 1 aliphatic rings. The number of carbonyl (C=O) groups is 4. The van der Waals surface area contributed by atoms with E-state index in [0.29, 0.717) is 0 Å². The summed E-state index contributed by atoms with van der Waals surface area (Å²) >= 11 is 0. The van der Waals surface area contributed by atoms with Crippen LogP contribution in [0.2, 0.25) is 0 Å². The molecule has 0 bridgehead atoms. The molecule has 0 radical (unpaired) electrons. The maximum atomic E-state index is 13.4. The van der Waals surface area contributed by atoms with Crippen molar-refractivity contribution in [2.75, 3.05) is 13.2 Å². The van der Waals surface area contributed by atoms with Gasteiger partial charge in [0.25, 0.3) is 5.91 Å². The van der Waals surface area contributed by atoms with Gasteiger partial charge in [0.05, 0.1) is 17.9 Å². The summed E-state index contributed by atoms with van der Waals surface area (Å²) in [6.45, 7) is 11.0. The molecule has 2 aromatic rings. The van der Waals surface area contributed by atoms with Gasteiger partial charge in [-0.2, -0.15) is 11.0 Å². The minimum absolute atomic E-state index is 0.00651. The van der Waals surface area contributed by atoms with Crippen molar-refractivity contribution in [1.29, 1.82) is 0 Å². The van der Waals surface area contributed by atoms with Crippen LogP contribution in [-0.2, 0) is 41.7 Å². The van der Waals surface area contributed by atoms with Gasteiger partial charge in [0.15, 0.2) is 0 Å². The third-order valence-electron chi connectivity index (χ3n) is 6.11. The van der Waals surface area contributed by atoms with E-state index in [0.717, 1.165) is 16.0 Å². The predicted octanol–water partition coefficient (Wildman–Crippen LogP) is 2.83. The number of rotatable bonds is 13. The summed E-state index contributed by atoms with van der Waals surface area (Å²) in [4.78, 5) is 65.9. The molecule has 226 valence electrons. The van der Waals surface area contributed by atoms with Crippen LogP contribution in [0.5, 0.6) is 0 Å². The zero-order valence-corrected chi connectivity index (χ0v) is 25.2. The van der Waals surface area contributed by atoms with Gasteiger partial charge in [-0.1, -0.05) is 60.7 Å². The average molecular weight is 579 g/mol. The summed E-state index contributed by atoms with van der Waals surface area (Å²) in [5.74, 6) is -3.04. The first-order valence-electron chi connectivity index (χ1n) is 14.0. The minimum Gasteiger partial charge on any atom is -0.299 e. The number of nitrogens with zero attached hydrogens (tertiary/aromatic N) is 1. The molecule has 10 nitrogen and oxygen atoms in total. The van der Waals surface area contributed by atoms with E-state index in [9.17, 15) is 19.2 Å². The van der Waals surface area contributed by atoms with E-state index in [1.807, 2.05) is 102 Å². The Hall–Kier alpha value is -3.54. The van der Waals surface area contributed by atoms with E-state index < -0.39 is 46.5 Å². The molecule has 0 unspecified atom stereocenters. The Labute approximate surface area is 247 Å². The smallest absolute Gasteiger partial charge is 0.296 e. The lowest BCUT2D eigenvalue weighted by atomic mass is 9.97. The molecule has 42 heavy (non-hydrogen) atoms. The second-order valence-electron chi connectivity index (χ2n) is 12.2. The van der Waals surface area contributed by atoms with Gasteiger partial charge in [-0.15, -0.1) is 0 Å². The van der Waals surface area contributed by atoms with E-state index in [-0.39, 0.29) is 31.6 Å². The summed E-state index contributed by atoms with van der Waals surface area (Å²) in [5.41, 5.74) is 6.09. The first-order chi connectivity index (χ1) is 19.7. The number of benzene rings is 2. The van der Waals surface area contributed by atoms with Crippen molar-refractivity contribution in [2.24, 2.45) is 0 Å². The third kappa shape index (κ3) is 10.4. The summed E-state index contributed by atoms with van der Waals surface area (Å²) in [6, 6.07) is 16.6. The Balaban J connectivity index is 1.78. The predicted molar refractivity (Wildman–Crippen MR) is 159 cm³/mol. The molecule has 3 N–H and O–H groups in total. The van der Waals surface area contributed by atoms with Crippen molar-refractivity contribution in [1.82, 2.24) is 21.2 Å². The molecule has 1 amide bonds. The standard InChI is InChI=1S/C32H42N4O6/c1-31(2,3)41-34-25(17-22-13-9-7-10-14-22)28(38)27(37)24-19-33-21-36(20-24)30(40)29(39)26(35-42-32(4,5)6)18-23-15-11-8-12-16-23/h7-16,20,25-26,33-35H,17-19,21H2,1-6H3/t25-,26-/m0/s1. The molecule has 1 heterocycles. The van der Waals surface area contributed by atoms with Crippen LogP contribution in [-0.4, -0.2) is 64.7 Å². The lowest BCUT2D eigenvalue weighted by Gasteiger charge is -2.28. The molecule has 0 aliphatic carbocycles. The Kier molecular flexibility index (Phi) is 11.4. The van der Waals surface area contributed by atoms with Crippen molar-refractivity contribution in [3.63, 3.8) is 0 Å². The van der Waals surface area contributed by atoms with Gasteiger partial charge in [-0.05, 0) is 65.5 Å². The highest BCUT2D eigenvalue weighted by molar-refractivity contribution is 6.45. The SMILES string of the molecule is CC(C)(C)ON[C@@H](Cc1ccccc1)C(=O)C(=O)C1=CN(C(=O)C(=O)[C@H](Cc2ccccc2)NOC(C)(C)C)CNC1. The largest absolute Gasteiger partial charge is 0.299 e. The minimum atomic E-state index is -0.968. The molecular weight excluding hydrogens is 536 g/mol. The highest BCUT2D eigenvalue weighted by Gasteiger charge is 2.34. The number of Topliss-reactive ketones (excluding diaryl/α,β-unsaturated/α-hetero) is 3. The summed E-state index contributed by atoms with van der Waals surface area (Å²) in [7, 11) is 0. The van der Waals surface area contributed by atoms with Crippen molar-refractivity contribution in [3.05, 3.63) is 83.6 Å². The van der Waals surface area contributed by atoms with Gasteiger partial charge in [-0.25, -0.2) is 0 Å². The number of amides is 1. The lowest BCUT2D eigenvalue weighted by molar-refractivity contribution is -0.150. The van der Waals surface area contributed by atoms with E-state index >= 15 is 0 Å². The molecular formula is C32H42N4O6. The van der Waals surface area contributed by atoms with Crippen molar-refractivity contribution in [2.45, 2.75) is 77.7 Å². The number of nitrogens with one attached hydrogen (secondary N) is 3. The molecule has 3 rings (SSSR count). The van der Waals surface area contributed by atoms with Gasteiger partial charge < -0.3 is 0 Å². The molecule has 2 atom stereocenters. The molecule has 2 aromatic carbocycles. The van der Waals surface area contributed by atoms with Gasteiger partial charge in [0, 0.05) is 18.3 Å². The third-order valence-corrected chi connectivity index (χ3v) is 6.11. The van der Waals surface area contributed by atoms with E-state index in [2.05, 4.69) is 16.3 Å². The maximum Gasteiger partial charge on any atom is 0.296 e. The second-order valence-corrected chi connectivity index (χ2v) is 12.2. The fraction of sp³-hybridized carbons (Fsp3) is 0.438. The second kappa shape index (κ2) is 14.6. The number of hydroxylamine groups is 2. The zero-order chi connectivity index (χ0) is 30.9. The average Bonchev–Trinajstić information content (AvgIpc) is 2.96. The fourth-order valence-electron chi connectivity index (χ4n) is 4.04. The van der Waals surface area contributed by atoms with Gasteiger partial charge in [0.2, 0.25) is 17.3 Å². The highest BCUT2D eigenvalue weighted by atomic mass is 16.7. The Morgan fingerprint density at radius 2 is 1.21 bits per heavy atom. The van der Waals surface area contributed by atoms with Crippen LogP contribution < -0.4 is 16.3 Å².